The van der Waals surface area contributed by atoms with Crippen LogP contribution < -0.4 is 0 Å². The van der Waals surface area contributed by atoms with Crippen LogP contribution in [0.15, 0.2) is 97.1 Å². The van der Waals surface area contributed by atoms with Crippen LogP contribution in [-0.4, -0.2) is 14.1 Å². The van der Waals surface area contributed by atoms with Gasteiger partial charge in [-0.3, -0.25) is 4.98 Å². The van der Waals surface area contributed by atoms with Gasteiger partial charge < -0.3 is 9.13 Å². The summed E-state index contributed by atoms with van der Waals surface area (Å²) in [7, 11) is 0. The second kappa shape index (κ2) is 13.2. The molecule has 5 aromatic carbocycles. The molecule has 3 heterocycles. The second-order valence-electron chi connectivity index (χ2n) is 20.7. The molecular formula is C54H58N4. The maximum Gasteiger partial charge on any atom is 0.104 e. The minimum absolute atomic E-state index is 0.0678. The summed E-state index contributed by atoms with van der Waals surface area (Å²) < 4.78 is 4.77. The molecule has 0 N–H and O–H groups in total. The monoisotopic (exact) mass is 762 g/mol. The molecule has 0 amide bonds. The van der Waals surface area contributed by atoms with E-state index in [0.717, 1.165) is 56.0 Å². The zero-order chi connectivity index (χ0) is 41.9. The number of hydrogen-bond donors (Lipinski definition) is 0. The normalized spacial score (nSPS) is 13.0. The summed E-state index contributed by atoms with van der Waals surface area (Å²) in [5.74, 6) is 0. The molecule has 0 spiro atoms. The van der Waals surface area contributed by atoms with Crippen LogP contribution in [0.2, 0.25) is 0 Å². The van der Waals surface area contributed by atoms with Crippen molar-refractivity contribution in [1.29, 1.82) is 5.26 Å². The van der Waals surface area contributed by atoms with Crippen LogP contribution in [0.5, 0.6) is 0 Å². The predicted octanol–water partition coefficient (Wildman–Crippen LogP) is 14.6. The van der Waals surface area contributed by atoms with Crippen molar-refractivity contribution >= 4 is 43.6 Å². The molecule has 0 saturated heterocycles. The van der Waals surface area contributed by atoms with Crippen LogP contribution in [0.25, 0.3) is 66.1 Å². The highest BCUT2D eigenvalue weighted by molar-refractivity contribution is 6.12. The Hall–Kier alpha value is -5.66. The molecule has 4 heteroatoms. The molecule has 0 fully saturated rings. The molecule has 0 saturated carbocycles. The molecule has 4 nitrogen and oxygen atoms in total. The number of fused-ring (bicyclic) bond motifs is 6. The van der Waals surface area contributed by atoms with Gasteiger partial charge in [0.15, 0.2) is 0 Å². The summed E-state index contributed by atoms with van der Waals surface area (Å²) in [5, 5.41) is 16.4. The Labute approximate surface area is 345 Å². The molecule has 8 rings (SSSR count). The summed E-state index contributed by atoms with van der Waals surface area (Å²) in [6, 6.07) is 39.3. The van der Waals surface area contributed by atoms with Crippen LogP contribution >= 0.6 is 0 Å². The van der Waals surface area contributed by atoms with E-state index < -0.39 is 0 Å². The van der Waals surface area contributed by atoms with Gasteiger partial charge in [-0.25, -0.2) is 0 Å². The predicted molar refractivity (Wildman–Crippen MR) is 247 cm³/mol. The number of aryl methyl sites for hydroxylation is 2. The molecule has 0 aliphatic rings. The summed E-state index contributed by atoms with van der Waals surface area (Å²) >= 11 is 0. The number of benzene rings is 5. The fourth-order valence-corrected chi connectivity index (χ4v) is 8.67. The Bertz CT molecular complexity index is 2670. The van der Waals surface area contributed by atoms with Crippen LogP contribution in [-0.2, 0) is 21.7 Å². The number of aromatic nitrogens is 3. The molecule has 3 aromatic heterocycles. The minimum Gasteiger partial charge on any atom is -0.308 e. The molecule has 0 radical (unpaired) electrons. The number of hydrogen-bond acceptors (Lipinski definition) is 2. The fraction of sp³-hybridized carbons (Fsp3) is 0.333. The first-order chi connectivity index (χ1) is 27.0. The van der Waals surface area contributed by atoms with Gasteiger partial charge in [-0.2, -0.15) is 5.26 Å². The van der Waals surface area contributed by atoms with Gasteiger partial charge in [0, 0.05) is 32.9 Å². The van der Waals surface area contributed by atoms with E-state index in [1.54, 1.807) is 0 Å². The zero-order valence-electron chi connectivity index (χ0n) is 37.0. The topological polar surface area (TPSA) is 46.5 Å². The molecule has 0 aliphatic carbocycles. The SMILES string of the molecule is Cc1cc(-c2cc(-n3c4cc(C(C)(C)C)ccc4c4ccc(C(C)(C)C)cc43)c(C#N)c(-n3c4cc(C(C)(C)C)ccc4c4ccc(C(C)(C)C)cc43)c2)cc(C)n1. The lowest BCUT2D eigenvalue weighted by Crippen LogP contribution is -2.12. The van der Waals surface area contributed by atoms with E-state index in [-0.39, 0.29) is 21.7 Å². The molecular weight excluding hydrogens is 705 g/mol. The highest BCUT2D eigenvalue weighted by Gasteiger charge is 2.27. The summed E-state index contributed by atoms with van der Waals surface area (Å²) in [6.07, 6.45) is 0. The van der Waals surface area contributed by atoms with Gasteiger partial charge in [0.1, 0.15) is 11.6 Å². The standard InChI is InChI=1S/C54H58N4/c1-32-23-34(24-33(2)56-32)35-25-45(57-47-27-36(51(3,4)5)15-19-40(47)41-20-16-37(28-48(41)57)52(6,7)8)44(31-55)46(26-35)58-49-29-38(53(9,10)11)17-21-42(49)43-22-18-39(30-50(43)58)54(12,13)14/h15-30H,1-14H3. The van der Waals surface area contributed by atoms with Crippen molar-refractivity contribution in [2.75, 3.05) is 0 Å². The van der Waals surface area contributed by atoms with Crippen molar-refractivity contribution in [2.45, 2.75) is 119 Å². The number of nitriles is 1. The first kappa shape index (κ1) is 39.2. The summed E-state index contributed by atoms with van der Waals surface area (Å²) in [4.78, 5) is 4.77. The van der Waals surface area contributed by atoms with Crippen molar-refractivity contribution in [3.8, 4) is 28.6 Å². The van der Waals surface area contributed by atoms with Gasteiger partial charge in [-0.15, -0.1) is 0 Å². The van der Waals surface area contributed by atoms with Gasteiger partial charge >= 0.3 is 0 Å². The lowest BCUT2D eigenvalue weighted by atomic mass is 9.86. The summed E-state index contributed by atoms with van der Waals surface area (Å²) in [6.45, 7) is 31.4. The Kier molecular flexibility index (Phi) is 8.91. The van der Waals surface area contributed by atoms with Crippen LogP contribution in [0.4, 0.5) is 0 Å². The third kappa shape index (κ3) is 6.59. The molecule has 58 heavy (non-hydrogen) atoms. The van der Waals surface area contributed by atoms with Crippen molar-refractivity contribution in [3.63, 3.8) is 0 Å². The summed E-state index contributed by atoms with van der Waals surface area (Å²) in [5.41, 5.74) is 15.6. The third-order valence-corrected chi connectivity index (χ3v) is 12.1. The van der Waals surface area contributed by atoms with Gasteiger partial charge in [-0.1, -0.05) is 132 Å². The Morgan fingerprint density at radius 1 is 0.414 bits per heavy atom. The molecule has 0 atom stereocenters. The Morgan fingerprint density at radius 3 is 0.948 bits per heavy atom. The molecule has 0 aliphatic heterocycles. The van der Waals surface area contributed by atoms with Gasteiger partial charge in [0.05, 0.1) is 33.4 Å². The van der Waals surface area contributed by atoms with E-state index in [1.807, 2.05) is 0 Å². The van der Waals surface area contributed by atoms with E-state index in [1.165, 1.54) is 43.8 Å². The number of nitrogens with zero attached hydrogens (tertiary/aromatic N) is 4. The van der Waals surface area contributed by atoms with E-state index in [2.05, 4.69) is 209 Å². The van der Waals surface area contributed by atoms with E-state index in [0.29, 0.717) is 5.56 Å². The van der Waals surface area contributed by atoms with Crippen molar-refractivity contribution in [3.05, 3.63) is 136 Å². The fourth-order valence-electron chi connectivity index (χ4n) is 8.67. The minimum atomic E-state index is -0.0678. The second-order valence-corrected chi connectivity index (χ2v) is 20.7. The zero-order valence-corrected chi connectivity index (χ0v) is 37.0. The quantitative estimate of drug-likeness (QED) is 0.180. The lowest BCUT2D eigenvalue weighted by Gasteiger charge is -2.23. The van der Waals surface area contributed by atoms with Crippen LogP contribution in [0, 0.1) is 25.2 Å². The maximum absolute atomic E-state index is 11.7. The van der Waals surface area contributed by atoms with Gasteiger partial charge in [0.25, 0.3) is 0 Å². The Morgan fingerprint density at radius 2 is 0.690 bits per heavy atom. The van der Waals surface area contributed by atoms with E-state index >= 15 is 0 Å². The average molecular weight is 763 g/mol. The first-order valence-corrected chi connectivity index (χ1v) is 20.8. The Balaban J connectivity index is 1.61. The largest absolute Gasteiger partial charge is 0.308 e. The average Bonchev–Trinajstić information content (AvgIpc) is 3.63. The lowest BCUT2D eigenvalue weighted by molar-refractivity contribution is 0.590. The highest BCUT2D eigenvalue weighted by atomic mass is 15.0. The van der Waals surface area contributed by atoms with Crippen molar-refractivity contribution in [2.24, 2.45) is 0 Å². The molecule has 8 aromatic rings. The first-order valence-electron chi connectivity index (χ1n) is 20.8. The number of rotatable bonds is 3. The van der Waals surface area contributed by atoms with Crippen molar-refractivity contribution < 1.29 is 0 Å². The maximum atomic E-state index is 11.7. The van der Waals surface area contributed by atoms with Gasteiger partial charge in [0.2, 0.25) is 0 Å². The van der Waals surface area contributed by atoms with Crippen LogP contribution in [0.1, 0.15) is 122 Å². The molecule has 0 unspecified atom stereocenters. The van der Waals surface area contributed by atoms with E-state index in [4.69, 9.17) is 4.98 Å². The van der Waals surface area contributed by atoms with Crippen LogP contribution in [0.3, 0.4) is 0 Å². The molecule has 0 bridgehead atoms. The van der Waals surface area contributed by atoms with E-state index in [9.17, 15) is 5.26 Å². The molecule has 294 valence electrons. The third-order valence-electron chi connectivity index (χ3n) is 12.1. The highest BCUT2D eigenvalue weighted by Crippen LogP contribution is 2.43. The van der Waals surface area contributed by atoms with Crippen molar-refractivity contribution in [1.82, 2.24) is 14.1 Å². The van der Waals surface area contributed by atoms with Gasteiger partial charge in [-0.05, 0) is 117 Å². The number of pyridine rings is 1. The smallest absolute Gasteiger partial charge is 0.104 e.